The van der Waals surface area contributed by atoms with Crippen LogP contribution in [-0.2, 0) is 30.3 Å². The fourth-order valence-corrected chi connectivity index (χ4v) is 3.15. The van der Waals surface area contributed by atoms with E-state index < -0.39 is 23.7 Å². The number of anilines is 1. The number of nitrogens with one attached hydrogen (secondary N) is 3. The van der Waals surface area contributed by atoms with Crippen molar-refractivity contribution in [2.45, 2.75) is 38.5 Å². The second-order valence-corrected chi connectivity index (χ2v) is 7.92. The molecular weight excluding hydrogens is 469 g/mol. The zero-order valence-corrected chi connectivity index (χ0v) is 19.4. The lowest BCUT2D eigenvalue weighted by molar-refractivity contribution is -0.145. The standard InChI is InChI=1S/C23H25Cl2N3O5/c24-17-8-9-19(18(25)15-17)26-20(29)10-11-21(30)27-28-22(31)12-13-23(32)33-14-4-7-16-5-2-1-3-6-16/h1-3,5-6,8-9,15H,4,7,10-14H2,(H,26,29)(H,27,30)(H,28,31). The maximum Gasteiger partial charge on any atom is 0.306 e. The van der Waals surface area contributed by atoms with Crippen LogP contribution >= 0.6 is 23.2 Å². The van der Waals surface area contributed by atoms with E-state index in [1.165, 1.54) is 6.07 Å². The van der Waals surface area contributed by atoms with Gasteiger partial charge >= 0.3 is 5.97 Å². The van der Waals surface area contributed by atoms with Gasteiger partial charge in [-0.2, -0.15) is 0 Å². The smallest absolute Gasteiger partial charge is 0.306 e. The van der Waals surface area contributed by atoms with Crippen molar-refractivity contribution < 1.29 is 23.9 Å². The molecule has 2 aromatic carbocycles. The summed E-state index contributed by atoms with van der Waals surface area (Å²) in [4.78, 5) is 47.2. The molecule has 0 aliphatic carbocycles. The second-order valence-electron chi connectivity index (χ2n) is 7.08. The van der Waals surface area contributed by atoms with Crippen molar-refractivity contribution in [1.29, 1.82) is 0 Å². The number of halogens is 2. The van der Waals surface area contributed by atoms with E-state index in [0.717, 1.165) is 12.0 Å². The molecule has 0 aromatic heterocycles. The average Bonchev–Trinajstić information content (AvgIpc) is 2.80. The van der Waals surface area contributed by atoms with Crippen LogP contribution in [0.4, 0.5) is 5.69 Å². The molecule has 0 saturated carbocycles. The van der Waals surface area contributed by atoms with Gasteiger partial charge in [-0.3, -0.25) is 30.0 Å². The van der Waals surface area contributed by atoms with E-state index in [0.29, 0.717) is 17.1 Å². The Morgan fingerprint density at radius 3 is 2.09 bits per heavy atom. The van der Waals surface area contributed by atoms with E-state index in [1.54, 1.807) is 12.1 Å². The Balaban J connectivity index is 1.53. The van der Waals surface area contributed by atoms with Crippen LogP contribution in [-0.4, -0.2) is 30.3 Å². The Morgan fingerprint density at radius 2 is 1.42 bits per heavy atom. The summed E-state index contributed by atoms with van der Waals surface area (Å²) in [7, 11) is 0. The lowest BCUT2D eigenvalue weighted by atomic mass is 10.1. The molecule has 0 spiro atoms. The van der Waals surface area contributed by atoms with Gasteiger partial charge in [0.1, 0.15) is 0 Å². The molecule has 0 bridgehead atoms. The zero-order chi connectivity index (χ0) is 24.1. The Morgan fingerprint density at radius 1 is 0.788 bits per heavy atom. The van der Waals surface area contributed by atoms with Gasteiger partial charge in [-0.05, 0) is 36.6 Å². The van der Waals surface area contributed by atoms with E-state index in [1.807, 2.05) is 30.3 Å². The van der Waals surface area contributed by atoms with Crippen LogP contribution in [0.2, 0.25) is 10.0 Å². The topological polar surface area (TPSA) is 114 Å². The first-order valence-corrected chi connectivity index (χ1v) is 11.1. The number of benzene rings is 2. The highest BCUT2D eigenvalue weighted by atomic mass is 35.5. The molecule has 8 nitrogen and oxygen atoms in total. The molecular formula is C23H25Cl2N3O5. The maximum atomic E-state index is 11.9. The number of carbonyl (C=O) groups excluding carboxylic acids is 4. The molecule has 33 heavy (non-hydrogen) atoms. The lowest BCUT2D eigenvalue weighted by Crippen LogP contribution is -2.41. The van der Waals surface area contributed by atoms with Crippen LogP contribution in [0, 0.1) is 0 Å². The summed E-state index contributed by atoms with van der Waals surface area (Å²) in [5.41, 5.74) is 5.95. The average molecular weight is 494 g/mol. The molecule has 0 atom stereocenters. The van der Waals surface area contributed by atoms with Gasteiger partial charge in [-0.15, -0.1) is 0 Å². The fourth-order valence-electron chi connectivity index (χ4n) is 2.69. The fraction of sp³-hybridized carbons (Fsp3) is 0.304. The van der Waals surface area contributed by atoms with Crippen molar-refractivity contribution in [3.8, 4) is 0 Å². The quantitative estimate of drug-likeness (QED) is 0.250. The molecule has 0 saturated heterocycles. The Hall–Kier alpha value is -3.10. The summed E-state index contributed by atoms with van der Waals surface area (Å²) < 4.78 is 5.10. The minimum absolute atomic E-state index is 0.0999. The number of aryl methyl sites for hydroxylation is 1. The van der Waals surface area contributed by atoms with E-state index in [2.05, 4.69) is 16.2 Å². The van der Waals surface area contributed by atoms with Gasteiger partial charge in [0.05, 0.1) is 23.7 Å². The summed E-state index contributed by atoms with van der Waals surface area (Å²) in [5.74, 6) is -2.00. The number of ether oxygens (including phenoxy) is 1. The summed E-state index contributed by atoms with van der Waals surface area (Å²) >= 11 is 11.8. The van der Waals surface area contributed by atoms with Gasteiger partial charge < -0.3 is 10.1 Å². The SMILES string of the molecule is O=C(CCC(=O)Nc1ccc(Cl)cc1Cl)NNC(=O)CCC(=O)OCCCc1ccccc1. The van der Waals surface area contributed by atoms with Gasteiger partial charge in [0.15, 0.2) is 0 Å². The van der Waals surface area contributed by atoms with E-state index in [9.17, 15) is 19.2 Å². The molecule has 3 amide bonds. The van der Waals surface area contributed by atoms with Crippen LogP contribution in [0.3, 0.4) is 0 Å². The van der Waals surface area contributed by atoms with E-state index >= 15 is 0 Å². The van der Waals surface area contributed by atoms with E-state index in [4.69, 9.17) is 27.9 Å². The van der Waals surface area contributed by atoms with Gasteiger partial charge in [0.25, 0.3) is 0 Å². The number of hydrogen-bond donors (Lipinski definition) is 3. The summed E-state index contributed by atoms with van der Waals surface area (Å²) in [6, 6.07) is 14.5. The van der Waals surface area contributed by atoms with Crippen molar-refractivity contribution in [2.75, 3.05) is 11.9 Å². The third-order valence-electron chi connectivity index (χ3n) is 4.40. The molecule has 0 heterocycles. The van der Waals surface area contributed by atoms with Crippen LogP contribution in [0.15, 0.2) is 48.5 Å². The van der Waals surface area contributed by atoms with Crippen molar-refractivity contribution in [3.05, 3.63) is 64.1 Å². The number of carbonyl (C=O) groups is 4. The number of amides is 3. The lowest BCUT2D eigenvalue weighted by Gasteiger charge is -2.09. The van der Waals surface area contributed by atoms with Crippen LogP contribution in [0.25, 0.3) is 0 Å². The van der Waals surface area contributed by atoms with Crippen LogP contribution < -0.4 is 16.2 Å². The highest BCUT2D eigenvalue weighted by Gasteiger charge is 2.12. The predicted molar refractivity (Wildman–Crippen MR) is 126 cm³/mol. The third kappa shape index (κ3) is 10.9. The van der Waals surface area contributed by atoms with Gasteiger partial charge in [-0.1, -0.05) is 53.5 Å². The van der Waals surface area contributed by atoms with Crippen molar-refractivity contribution >= 4 is 52.6 Å². The Bertz CT molecular complexity index is 970. The van der Waals surface area contributed by atoms with Crippen molar-refractivity contribution in [3.63, 3.8) is 0 Å². The van der Waals surface area contributed by atoms with Crippen molar-refractivity contribution in [2.24, 2.45) is 0 Å². The summed E-state index contributed by atoms with van der Waals surface area (Å²) in [5, 5.41) is 3.29. The second kappa shape index (κ2) is 14.1. The molecule has 0 aliphatic heterocycles. The third-order valence-corrected chi connectivity index (χ3v) is 4.95. The Labute approximate surface area is 201 Å². The molecule has 3 N–H and O–H groups in total. The molecule has 10 heteroatoms. The van der Waals surface area contributed by atoms with E-state index in [-0.39, 0.29) is 37.3 Å². The number of hydrazine groups is 1. The number of esters is 1. The Kier molecular flexibility index (Phi) is 11.2. The first-order chi connectivity index (χ1) is 15.8. The molecule has 0 fully saturated rings. The first kappa shape index (κ1) is 26.2. The largest absolute Gasteiger partial charge is 0.466 e. The molecule has 176 valence electrons. The highest BCUT2D eigenvalue weighted by Crippen LogP contribution is 2.25. The van der Waals surface area contributed by atoms with Gasteiger partial charge in [0.2, 0.25) is 17.7 Å². The minimum atomic E-state index is -0.552. The van der Waals surface area contributed by atoms with Gasteiger partial charge in [-0.25, -0.2) is 0 Å². The summed E-state index contributed by atoms with van der Waals surface area (Å²) in [6.45, 7) is 0.273. The van der Waals surface area contributed by atoms with Gasteiger partial charge in [0, 0.05) is 24.3 Å². The molecule has 2 aromatic rings. The normalized spacial score (nSPS) is 10.2. The monoisotopic (exact) mass is 493 g/mol. The number of hydrogen-bond acceptors (Lipinski definition) is 5. The molecule has 0 aliphatic rings. The zero-order valence-electron chi connectivity index (χ0n) is 17.9. The van der Waals surface area contributed by atoms with Crippen LogP contribution in [0.5, 0.6) is 0 Å². The predicted octanol–water partition coefficient (Wildman–Crippen LogP) is 3.82. The van der Waals surface area contributed by atoms with Crippen molar-refractivity contribution in [1.82, 2.24) is 10.9 Å². The minimum Gasteiger partial charge on any atom is -0.466 e. The molecule has 0 radical (unpaired) electrons. The maximum absolute atomic E-state index is 11.9. The highest BCUT2D eigenvalue weighted by molar-refractivity contribution is 6.36. The van der Waals surface area contributed by atoms with Crippen LogP contribution in [0.1, 0.15) is 37.7 Å². The summed E-state index contributed by atoms with van der Waals surface area (Å²) in [6.07, 6.45) is 0.989. The molecule has 0 unspecified atom stereocenters. The molecule has 2 rings (SSSR count). The number of rotatable bonds is 11. The first-order valence-electron chi connectivity index (χ1n) is 10.4.